The molecule has 0 aliphatic rings. The highest BCUT2D eigenvalue weighted by molar-refractivity contribution is 5.62. The first kappa shape index (κ1) is 14.6. The lowest BCUT2D eigenvalue weighted by Crippen LogP contribution is -2.24. The molecule has 0 aliphatic carbocycles. The van der Waals surface area contributed by atoms with Crippen molar-refractivity contribution in [2.45, 2.75) is 20.3 Å². The molecule has 0 aliphatic heterocycles. The number of benzene rings is 1. The maximum atomic E-state index is 13.7. The van der Waals surface area contributed by atoms with Crippen LogP contribution in [0.5, 0.6) is 5.75 Å². The van der Waals surface area contributed by atoms with Crippen LogP contribution in [0.25, 0.3) is 0 Å². The molecule has 102 valence electrons. The predicted molar refractivity (Wildman–Crippen MR) is 71.3 cm³/mol. The minimum absolute atomic E-state index is 0.113. The third kappa shape index (κ3) is 3.77. The SMILES string of the molecule is COc1cc(NCC(C)(C)CCO)c(F)cc1N. The number of hydrogen-bond acceptors (Lipinski definition) is 4. The highest BCUT2D eigenvalue weighted by Gasteiger charge is 2.18. The molecule has 0 spiro atoms. The van der Waals surface area contributed by atoms with Gasteiger partial charge in [-0.15, -0.1) is 0 Å². The van der Waals surface area contributed by atoms with Crippen LogP contribution in [0.1, 0.15) is 20.3 Å². The number of nitrogens with two attached hydrogens (primary N) is 1. The molecule has 0 aromatic heterocycles. The number of nitrogens with one attached hydrogen (secondary N) is 1. The summed E-state index contributed by atoms with van der Waals surface area (Å²) in [4.78, 5) is 0. The normalized spacial score (nSPS) is 11.4. The van der Waals surface area contributed by atoms with Crippen LogP contribution >= 0.6 is 0 Å². The number of methoxy groups -OCH3 is 1. The van der Waals surface area contributed by atoms with Gasteiger partial charge in [0.05, 0.1) is 18.5 Å². The lowest BCUT2D eigenvalue weighted by molar-refractivity contribution is 0.220. The number of nitrogen functional groups attached to an aromatic ring is 1. The summed E-state index contributed by atoms with van der Waals surface area (Å²) < 4.78 is 18.7. The van der Waals surface area contributed by atoms with Crippen LogP contribution < -0.4 is 15.8 Å². The Kier molecular flexibility index (Phi) is 4.78. The van der Waals surface area contributed by atoms with Crippen LogP contribution in [-0.4, -0.2) is 25.4 Å². The van der Waals surface area contributed by atoms with Gasteiger partial charge in [0.1, 0.15) is 11.6 Å². The third-order valence-electron chi connectivity index (χ3n) is 2.87. The van der Waals surface area contributed by atoms with Crippen LogP contribution in [0, 0.1) is 11.2 Å². The van der Waals surface area contributed by atoms with Gasteiger partial charge in [0.25, 0.3) is 0 Å². The lowest BCUT2D eigenvalue weighted by Gasteiger charge is -2.24. The van der Waals surface area contributed by atoms with Gasteiger partial charge in [-0.3, -0.25) is 0 Å². The fraction of sp³-hybridized carbons (Fsp3) is 0.538. The van der Waals surface area contributed by atoms with E-state index in [4.69, 9.17) is 15.6 Å². The predicted octanol–water partition coefficient (Wildman–Crippen LogP) is 2.24. The standard InChI is InChI=1S/C13H21FN2O2/c1-13(2,4-5-17)8-16-11-7-12(18-3)10(15)6-9(11)14/h6-7,16-17H,4-5,8,15H2,1-3H3. The summed E-state index contributed by atoms with van der Waals surface area (Å²) in [5, 5.41) is 12.0. The zero-order chi connectivity index (χ0) is 13.8. The van der Waals surface area contributed by atoms with Crippen molar-refractivity contribution in [1.82, 2.24) is 0 Å². The zero-order valence-corrected chi connectivity index (χ0v) is 11.1. The maximum Gasteiger partial charge on any atom is 0.148 e. The smallest absolute Gasteiger partial charge is 0.148 e. The molecule has 0 fully saturated rings. The molecule has 0 saturated carbocycles. The summed E-state index contributed by atoms with van der Waals surface area (Å²) in [6.07, 6.45) is 0.647. The maximum absolute atomic E-state index is 13.7. The van der Waals surface area contributed by atoms with E-state index in [-0.39, 0.29) is 17.7 Å². The van der Waals surface area contributed by atoms with Gasteiger partial charge in [-0.1, -0.05) is 13.8 Å². The van der Waals surface area contributed by atoms with Gasteiger partial charge in [0.2, 0.25) is 0 Å². The van der Waals surface area contributed by atoms with Crippen LogP contribution in [-0.2, 0) is 0 Å². The Balaban J connectivity index is 2.79. The summed E-state index contributed by atoms with van der Waals surface area (Å²) in [7, 11) is 1.49. The van der Waals surface area contributed by atoms with Crippen LogP contribution in [0.4, 0.5) is 15.8 Å². The van der Waals surface area contributed by atoms with Crippen molar-refractivity contribution in [3.8, 4) is 5.75 Å². The Morgan fingerprint density at radius 3 is 2.67 bits per heavy atom. The molecule has 1 rings (SSSR count). The van der Waals surface area contributed by atoms with Crippen molar-refractivity contribution in [1.29, 1.82) is 0 Å². The van der Waals surface area contributed by atoms with Crippen molar-refractivity contribution < 1.29 is 14.2 Å². The van der Waals surface area contributed by atoms with E-state index in [2.05, 4.69) is 5.32 Å². The van der Waals surface area contributed by atoms with E-state index in [0.29, 0.717) is 24.4 Å². The van der Waals surface area contributed by atoms with E-state index in [1.807, 2.05) is 13.8 Å². The quantitative estimate of drug-likeness (QED) is 0.683. The molecular formula is C13H21FN2O2. The number of aliphatic hydroxyl groups is 1. The molecule has 0 bridgehead atoms. The van der Waals surface area contributed by atoms with Gasteiger partial charge in [-0.05, 0) is 11.8 Å². The van der Waals surface area contributed by atoms with Gasteiger partial charge in [-0.2, -0.15) is 0 Å². The van der Waals surface area contributed by atoms with Crippen LogP contribution in [0.15, 0.2) is 12.1 Å². The number of halogens is 1. The highest BCUT2D eigenvalue weighted by atomic mass is 19.1. The monoisotopic (exact) mass is 256 g/mol. The Labute approximate surface area is 107 Å². The van der Waals surface area contributed by atoms with Crippen LogP contribution in [0.2, 0.25) is 0 Å². The Morgan fingerprint density at radius 2 is 2.11 bits per heavy atom. The molecular weight excluding hydrogens is 235 g/mol. The minimum Gasteiger partial charge on any atom is -0.495 e. The average Bonchev–Trinajstić information content (AvgIpc) is 2.28. The van der Waals surface area contributed by atoms with E-state index in [0.717, 1.165) is 0 Å². The molecule has 0 saturated heterocycles. The molecule has 1 aromatic rings. The first-order valence-electron chi connectivity index (χ1n) is 5.87. The van der Waals surface area contributed by atoms with Gasteiger partial charge in [0.15, 0.2) is 0 Å². The second-order valence-electron chi connectivity index (χ2n) is 5.07. The topological polar surface area (TPSA) is 67.5 Å². The third-order valence-corrected chi connectivity index (χ3v) is 2.87. The van der Waals surface area contributed by atoms with Gasteiger partial charge >= 0.3 is 0 Å². The van der Waals surface area contributed by atoms with Crippen molar-refractivity contribution >= 4 is 11.4 Å². The number of anilines is 2. The van der Waals surface area contributed by atoms with Gasteiger partial charge < -0.3 is 20.9 Å². The second kappa shape index (κ2) is 5.91. The Bertz CT molecular complexity index is 408. The molecule has 0 amide bonds. The second-order valence-corrected chi connectivity index (χ2v) is 5.07. The summed E-state index contributed by atoms with van der Waals surface area (Å²) in [5.41, 5.74) is 6.12. The number of ether oxygens (including phenoxy) is 1. The largest absolute Gasteiger partial charge is 0.495 e. The molecule has 4 nitrogen and oxygen atoms in total. The Morgan fingerprint density at radius 1 is 1.44 bits per heavy atom. The summed E-state index contributed by atoms with van der Waals surface area (Å²) in [6, 6.07) is 2.78. The molecule has 18 heavy (non-hydrogen) atoms. The fourth-order valence-corrected chi connectivity index (χ4v) is 1.61. The first-order valence-corrected chi connectivity index (χ1v) is 5.87. The van der Waals surface area contributed by atoms with Crippen LogP contribution in [0.3, 0.4) is 0 Å². The molecule has 0 radical (unpaired) electrons. The molecule has 1 aromatic carbocycles. The number of aliphatic hydroxyl groups excluding tert-OH is 1. The summed E-state index contributed by atoms with van der Waals surface area (Å²) in [6.45, 7) is 4.67. The van der Waals surface area contributed by atoms with E-state index in [1.54, 1.807) is 6.07 Å². The Hall–Kier alpha value is -1.49. The molecule has 4 N–H and O–H groups in total. The zero-order valence-electron chi connectivity index (χ0n) is 11.1. The van der Waals surface area contributed by atoms with Gasteiger partial charge in [0, 0.05) is 25.3 Å². The van der Waals surface area contributed by atoms with E-state index < -0.39 is 5.82 Å². The van der Waals surface area contributed by atoms with E-state index >= 15 is 0 Å². The fourth-order valence-electron chi connectivity index (χ4n) is 1.61. The minimum atomic E-state index is -0.409. The van der Waals surface area contributed by atoms with Crippen molar-refractivity contribution in [2.24, 2.45) is 5.41 Å². The number of hydrogen-bond donors (Lipinski definition) is 3. The van der Waals surface area contributed by atoms with Crippen molar-refractivity contribution in [3.63, 3.8) is 0 Å². The number of rotatable bonds is 6. The molecule has 0 unspecified atom stereocenters. The van der Waals surface area contributed by atoms with E-state index in [1.165, 1.54) is 13.2 Å². The van der Waals surface area contributed by atoms with Crippen molar-refractivity contribution in [3.05, 3.63) is 17.9 Å². The highest BCUT2D eigenvalue weighted by Crippen LogP contribution is 2.29. The lowest BCUT2D eigenvalue weighted by atomic mass is 9.89. The average molecular weight is 256 g/mol. The molecule has 0 atom stereocenters. The summed E-state index contributed by atoms with van der Waals surface area (Å²) in [5.74, 6) is 0.0342. The molecule has 0 heterocycles. The molecule has 5 heteroatoms. The van der Waals surface area contributed by atoms with Crippen molar-refractivity contribution in [2.75, 3.05) is 31.3 Å². The van der Waals surface area contributed by atoms with Gasteiger partial charge in [-0.25, -0.2) is 4.39 Å². The summed E-state index contributed by atoms with van der Waals surface area (Å²) >= 11 is 0. The first-order chi connectivity index (χ1) is 8.39. The van der Waals surface area contributed by atoms with E-state index in [9.17, 15) is 4.39 Å².